The van der Waals surface area contributed by atoms with E-state index in [0.717, 1.165) is 41.2 Å². The summed E-state index contributed by atoms with van der Waals surface area (Å²) in [6.45, 7) is 1.10. The number of hydrogen-bond acceptors (Lipinski definition) is 5. The summed E-state index contributed by atoms with van der Waals surface area (Å²) in [6, 6.07) is 28.7. The summed E-state index contributed by atoms with van der Waals surface area (Å²) in [5, 5.41) is 21.4. The van der Waals surface area contributed by atoms with Crippen molar-refractivity contribution in [3.8, 4) is 22.6 Å². The number of hydrogen-bond donors (Lipinski definition) is 3. The number of carboxylic acids is 2. The maximum absolute atomic E-state index is 11.4. The van der Waals surface area contributed by atoms with Crippen LogP contribution < -0.4 is 14.8 Å². The van der Waals surface area contributed by atoms with Crippen LogP contribution in [-0.2, 0) is 0 Å². The Balaban J connectivity index is 1.13. The van der Waals surface area contributed by atoms with E-state index in [1.54, 1.807) is 48.5 Å². The predicted molar refractivity (Wildman–Crippen MR) is 151 cm³/mol. The van der Waals surface area contributed by atoms with Gasteiger partial charge >= 0.3 is 11.9 Å². The topological polar surface area (TPSA) is 105 Å². The molecule has 0 saturated carbocycles. The van der Waals surface area contributed by atoms with Gasteiger partial charge in [0.1, 0.15) is 11.5 Å². The molecule has 0 aromatic heterocycles. The van der Waals surface area contributed by atoms with Gasteiger partial charge in [0.2, 0.25) is 0 Å². The second-order valence-electron chi connectivity index (χ2n) is 8.65. The number of nitrogens with one attached hydrogen (secondary N) is 1. The average Bonchev–Trinajstić information content (AvgIpc) is 2.96. The van der Waals surface area contributed by atoms with Crippen molar-refractivity contribution in [2.24, 2.45) is 0 Å². The monoisotopic (exact) mass is 523 g/mol. The molecule has 4 aromatic carbocycles. The Morgan fingerprint density at radius 3 is 1.69 bits per heavy atom. The van der Waals surface area contributed by atoms with Crippen LogP contribution in [0.2, 0.25) is 0 Å². The summed E-state index contributed by atoms with van der Waals surface area (Å²) in [7, 11) is 0. The second-order valence-corrected chi connectivity index (χ2v) is 8.65. The molecule has 0 atom stereocenters. The fourth-order valence-electron chi connectivity index (χ4n) is 3.84. The highest BCUT2D eigenvalue weighted by molar-refractivity contribution is 5.95. The number of para-hydroxylation sites is 1. The molecule has 3 N–H and O–H groups in total. The third-order valence-corrected chi connectivity index (χ3v) is 5.88. The standard InChI is InChI=1S/C32H29NO6/c34-31(35)25-11-9-23(10-12-25)24-13-17-27(18-14-24)38-21-5-1-2-6-22-39-28-19-15-26(16-20-28)33-30-8-4-3-7-29(30)32(36)37/h1-4,7-20,33H,5-6,21-22H2,(H,34,35)(H,36,37)/b2-1+. The van der Waals surface area contributed by atoms with Crippen molar-refractivity contribution in [3.63, 3.8) is 0 Å². The van der Waals surface area contributed by atoms with Crippen molar-refractivity contribution in [1.29, 1.82) is 0 Å². The number of anilines is 2. The SMILES string of the molecule is O=C(O)c1ccc(-c2ccc(OCC/C=C/CCOc3ccc(Nc4ccccc4C(=O)O)cc3)cc2)cc1. The Kier molecular flexibility index (Phi) is 9.34. The lowest BCUT2D eigenvalue weighted by atomic mass is 10.0. The fourth-order valence-corrected chi connectivity index (χ4v) is 3.84. The minimum Gasteiger partial charge on any atom is -0.493 e. The highest BCUT2D eigenvalue weighted by Crippen LogP contribution is 2.24. The number of carbonyl (C=O) groups is 2. The quantitative estimate of drug-likeness (QED) is 0.125. The van der Waals surface area contributed by atoms with Crippen LogP contribution in [0.15, 0.2) is 109 Å². The molecular formula is C32H29NO6. The lowest BCUT2D eigenvalue weighted by molar-refractivity contribution is 0.0686. The number of ether oxygens (including phenoxy) is 2. The van der Waals surface area contributed by atoms with Gasteiger partial charge in [-0.2, -0.15) is 0 Å². The van der Waals surface area contributed by atoms with Crippen LogP contribution in [0.4, 0.5) is 11.4 Å². The average molecular weight is 524 g/mol. The Labute approximate surface area is 227 Å². The third kappa shape index (κ3) is 7.97. The van der Waals surface area contributed by atoms with Gasteiger partial charge in [-0.25, -0.2) is 9.59 Å². The molecule has 39 heavy (non-hydrogen) atoms. The molecule has 0 fully saturated rings. The Morgan fingerprint density at radius 2 is 1.15 bits per heavy atom. The molecule has 7 heteroatoms. The van der Waals surface area contributed by atoms with Crippen molar-refractivity contribution in [3.05, 3.63) is 120 Å². The molecule has 0 aliphatic carbocycles. The van der Waals surface area contributed by atoms with Gasteiger partial charge in [0.05, 0.1) is 30.0 Å². The van der Waals surface area contributed by atoms with E-state index in [9.17, 15) is 14.7 Å². The highest BCUT2D eigenvalue weighted by Gasteiger charge is 2.09. The van der Waals surface area contributed by atoms with E-state index in [1.807, 2.05) is 48.5 Å². The molecular weight excluding hydrogens is 494 g/mol. The lowest BCUT2D eigenvalue weighted by Gasteiger charge is -2.10. The Bertz CT molecular complexity index is 1410. The normalized spacial score (nSPS) is 10.8. The zero-order valence-corrected chi connectivity index (χ0v) is 21.2. The van der Waals surface area contributed by atoms with E-state index in [-0.39, 0.29) is 11.1 Å². The molecule has 0 amide bonds. The molecule has 0 bridgehead atoms. The molecule has 0 aliphatic heterocycles. The van der Waals surface area contributed by atoms with Crippen LogP contribution in [0.3, 0.4) is 0 Å². The van der Waals surface area contributed by atoms with E-state index in [2.05, 4.69) is 17.5 Å². The third-order valence-electron chi connectivity index (χ3n) is 5.88. The fraction of sp³-hybridized carbons (Fsp3) is 0.125. The van der Waals surface area contributed by atoms with Gasteiger partial charge in [-0.3, -0.25) is 0 Å². The van der Waals surface area contributed by atoms with Crippen LogP contribution in [0.25, 0.3) is 11.1 Å². The number of aromatic carboxylic acids is 2. The van der Waals surface area contributed by atoms with Crippen molar-refractivity contribution in [2.75, 3.05) is 18.5 Å². The van der Waals surface area contributed by atoms with Crippen LogP contribution in [0, 0.1) is 0 Å². The van der Waals surface area contributed by atoms with Crippen molar-refractivity contribution in [2.45, 2.75) is 12.8 Å². The van der Waals surface area contributed by atoms with Gasteiger partial charge in [-0.1, -0.05) is 48.6 Å². The number of carboxylic acid groups (broad SMARTS) is 2. The van der Waals surface area contributed by atoms with Crippen LogP contribution in [0.5, 0.6) is 11.5 Å². The summed E-state index contributed by atoms with van der Waals surface area (Å²) in [4.78, 5) is 22.3. The second kappa shape index (κ2) is 13.5. The summed E-state index contributed by atoms with van der Waals surface area (Å²) in [6.07, 6.45) is 5.67. The first-order valence-corrected chi connectivity index (χ1v) is 12.5. The smallest absolute Gasteiger partial charge is 0.337 e. The van der Waals surface area contributed by atoms with Crippen molar-refractivity contribution in [1.82, 2.24) is 0 Å². The Morgan fingerprint density at radius 1 is 0.641 bits per heavy atom. The molecule has 4 rings (SSSR count). The van der Waals surface area contributed by atoms with E-state index in [0.29, 0.717) is 18.9 Å². The zero-order valence-electron chi connectivity index (χ0n) is 21.2. The van der Waals surface area contributed by atoms with Crippen molar-refractivity contribution < 1.29 is 29.3 Å². The summed E-state index contributed by atoms with van der Waals surface area (Å²) >= 11 is 0. The molecule has 0 radical (unpaired) electrons. The number of benzene rings is 4. The molecule has 4 aromatic rings. The van der Waals surface area contributed by atoms with Crippen LogP contribution in [0.1, 0.15) is 33.6 Å². The Hall–Kier alpha value is -5.04. The minimum atomic E-state index is -0.977. The van der Waals surface area contributed by atoms with E-state index in [1.165, 1.54) is 0 Å². The molecule has 0 saturated heterocycles. The summed E-state index contributed by atoms with van der Waals surface area (Å²) in [5.41, 5.74) is 3.74. The van der Waals surface area contributed by atoms with E-state index >= 15 is 0 Å². The largest absolute Gasteiger partial charge is 0.493 e. The van der Waals surface area contributed by atoms with Gasteiger partial charge in [0.15, 0.2) is 0 Å². The first kappa shape index (κ1) is 27.0. The van der Waals surface area contributed by atoms with E-state index < -0.39 is 11.9 Å². The number of rotatable bonds is 13. The molecule has 7 nitrogen and oxygen atoms in total. The summed E-state index contributed by atoms with van der Waals surface area (Å²) < 4.78 is 11.6. The van der Waals surface area contributed by atoms with Crippen LogP contribution in [-0.4, -0.2) is 35.4 Å². The summed E-state index contributed by atoms with van der Waals surface area (Å²) in [5.74, 6) is -0.392. The van der Waals surface area contributed by atoms with Gasteiger partial charge < -0.3 is 25.0 Å². The first-order chi connectivity index (χ1) is 19.0. The molecule has 198 valence electrons. The van der Waals surface area contributed by atoms with Crippen LogP contribution >= 0.6 is 0 Å². The van der Waals surface area contributed by atoms with Gasteiger partial charge in [0, 0.05) is 5.69 Å². The maximum Gasteiger partial charge on any atom is 0.337 e. The highest BCUT2D eigenvalue weighted by atomic mass is 16.5. The minimum absolute atomic E-state index is 0.218. The molecule has 0 spiro atoms. The van der Waals surface area contributed by atoms with Gasteiger partial charge in [0.25, 0.3) is 0 Å². The predicted octanol–water partition coefficient (Wildman–Crippen LogP) is 7.29. The maximum atomic E-state index is 11.4. The van der Waals surface area contributed by atoms with Gasteiger partial charge in [-0.15, -0.1) is 0 Å². The van der Waals surface area contributed by atoms with E-state index in [4.69, 9.17) is 14.6 Å². The lowest BCUT2D eigenvalue weighted by Crippen LogP contribution is -2.02. The van der Waals surface area contributed by atoms with Gasteiger partial charge in [-0.05, 0) is 84.6 Å². The first-order valence-electron chi connectivity index (χ1n) is 12.5. The molecule has 0 unspecified atom stereocenters. The molecule has 0 heterocycles. The van der Waals surface area contributed by atoms with Crippen molar-refractivity contribution >= 4 is 23.3 Å². The zero-order chi connectivity index (χ0) is 27.5. The molecule has 0 aliphatic rings.